The van der Waals surface area contributed by atoms with Crippen molar-refractivity contribution >= 4 is 11.6 Å². The Morgan fingerprint density at radius 2 is 2.15 bits per heavy atom. The third-order valence-corrected chi connectivity index (χ3v) is 3.43. The molecule has 3 nitrogen and oxygen atoms in total. The zero-order valence-corrected chi connectivity index (χ0v) is 11.2. The Kier molecular flexibility index (Phi) is 4.20. The van der Waals surface area contributed by atoms with Gasteiger partial charge in [-0.25, -0.2) is 0 Å². The second-order valence-electron chi connectivity index (χ2n) is 5.03. The Bertz CT molecular complexity index is 488. The largest absolute Gasteiger partial charge is 0.416 e. The number of nitrogens with one attached hydrogen (secondary N) is 1. The lowest BCUT2D eigenvalue weighted by atomic mass is 10.0. The number of benzene rings is 1. The maximum atomic E-state index is 12.6. The summed E-state index contributed by atoms with van der Waals surface area (Å²) in [5.74, 6) is 0.000502. The zero-order chi connectivity index (χ0) is 14.8. The molecule has 1 heterocycles. The minimum absolute atomic E-state index is 0.000502. The quantitative estimate of drug-likeness (QED) is 0.906. The highest BCUT2D eigenvalue weighted by molar-refractivity contribution is 5.73. The standard InChI is InChI=1S/C14H17F3N2O/c1-10(20)19-7-3-6-13(9-19)18-12-5-2-4-11(8-12)14(15,16)17/h2,4-5,8,13,18H,3,6-7,9H2,1H3/t13-/m1/s1. The van der Waals surface area contributed by atoms with Gasteiger partial charge in [0.2, 0.25) is 5.91 Å². The van der Waals surface area contributed by atoms with E-state index in [2.05, 4.69) is 5.32 Å². The van der Waals surface area contributed by atoms with E-state index in [1.165, 1.54) is 13.0 Å². The molecule has 1 aliphatic rings. The molecule has 6 heteroatoms. The van der Waals surface area contributed by atoms with E-state index in [-0.39, 0.29) is 11.9 Å². The number of likely N-dealkylation sites (tertiary alicyclic amines) is 1. The number of carbonyl (C=O) groups excluding carboxylic acids is 1. The number of hydrogen-bond donors (Lipinski definition) is 1. The molecule has 0 aromatic heterocycles. The van der Waals surface area contributed by atoms with Crippen molar-refractivity contribution in [2.45, 2.75) is 32.0 Å². The van der Waals surface area contributed by atoms with E-state index in [0.29, 0.717) is 12.2 Å². The molecule has 0 saturated carbocycles. The number of halogens is 3. The number of amides is 1. The molecule has 1 N–H and O–H groups in total. The van der Waals surface area contributed by atoms with Crippen LogP contribution in [-0.4, -0.2) is 29.9 Å². The molecular weight excluding hydrogens is 269 g/mol. The topological polar surface area (TPSA) is 32.3 Å². The van der Waals surface area contributed by atoms with Crippen LogP contribution in [0.15, 0.2) is 24.3 Å². The van der Waals surface area contributed by atoms with Crippen molar-refractivity contribution in [3.8, 4) is 0 Å². The predicted octanol–water partition coefficient (Wildman–Crippen LogP) is 3.13. The van der Waals surface area contributed by atoms with Gasteiger partial charge in [-0.1, -0.05) is 6.07 Å². The first-order valence-electron chi connectivity index (χ1n) is 6.55. The van der Waals surface area contributed by atoms with Crippen molar-refractivity contribution in [1.82, 2.24) is 4.90 Å². The molecule has 0 radical (unpaired) electrons. The maximum absolute atomic E-state index is 12.6. The van der Waals surface area contributed by atoms with Crippen LogP contribution in [0.4, 0.5) is 18.9 Å². The summed E-state index contributed by atoms with van der Waals surface area (Å²) in [5.41, 5.74) is -0.225. The molecule has 20 heavy (non-hydrogen) atoms. The van der Waals surface area contributed by atoms with Gasteiger partial charge in [0.25, 0.3) is 0 Å². The third-order valence-electron chi connectivity index (χ3n) is 3.43. The van der Waals surface area contributed by atoms with Gasteiger partial charge in [0.15, 0.2) is 0 Å². The summed E-state index contributed by atoms with van der Waals surface area (Å²) in [6, 6.07) is 5.15. The van der Waals surface area contributed by atoms with Gasteiger partial charge < -0.3 is 10.2 Å². The molecule has 1 amide bonds. The SMILES string of the molecule is CC(=O)N1CCC[C@@H](Nc2cccc(C(F)(F)F)c2)C1. The van der Waals surface area contributed by atoms with Crippen LogP contribution in [0, 0.1) is 0 Å². The second-order valence-corrected chi connectivity index (χ2v) is 5.03. The smallest absolute Gasteiger partial charge is 0.381 e. The van der Waals surface area contributed by atoms with Gasteiger partial charge in [-0.05, 0) is 31.0 Å². The normalized spacial score (nSPS) is 19.8. The molecule has 1 saturated heterocycles. The molecule has 1 aliphatic heterocycles. The summed E-state index contributed by atoms with van der Waals surface area (Å²) in [5, 5.41) is 3.08. The van der Waals surface area contributed by atoms with Crippen LogP contribution in [0.5, 0.6) is 0 Å². The highest BCUT2D eigenvalue weighted by Gasteiger charge is 2.30. The molecule has 0 spiro atoms. The van der Waals surface area contributed by atoms with Crippen LogP contribution in [0.25, 0.3) is 0 Å². The molecule has 0 unspecified atom stereocenters. The van der Waals surface area contributed by atoms with Crippen molar-refractivity contribution in [2.75, 3.05) is 18.4 Å². The summed E-state index contributed by atoms with van der Waals surface area (Å²) in [7, 11) is 0. The fourth-order valence-corrected chi connectivity index (χ4v) is 2.40. The van der Waals surface area contributed by atoms with E-state index in [9.17, 15) is 18.0 Å². The molecule has 1 aromatic rings. The first kappa shape index (κ1) is 14.7. The minimum Gasteiger partial charge on any atom is -0.381 e. The predicted molar refractivity (Wildman–Crippen MR) is 70.3 cm³/mol. The molecule has 0 bridgehead atoms. The fourth-order valence-electron chi connectivity index (χ4n) is 2.40. The lowest BCUT2D eigenvalue weighted by Gasteiger charge is -2.33. The Hall–Kier alpha value is -1.72. The van der Waals surface area contributed by atoms with Gasteiger partial charge in [-0.15, -0.1) is 0 Å². The van der Waals surface area contributed by atoms with Crippen LogP contribution in [-0.2, 0) is 11.0 Å². The Labute approximate surface area is 115 Å². The summed E-state index contributed by atoms with van der Waals surface area (Å²) in [6.07, 6.45) is -2.63. The van der Waals surface area contributed by atoms with E-state index in [4.69, 9.17) is 0 Å². The first-order valence-corrected chi connectivity index (χ1v) is 6.55. The molecule has 1 atom stereocenters. The number of anilines is 1. The van der Waals surface area contributed by atoms with Crippen molar-refractivity contribution in [1.29, 1.82) is 0 Å². The summed E-state index contributed by atoms with van der Waals surface area (Å²) in [4.78, 5) is 13.0. The lowest BCUT2D eigenvalue weighted by molar-refractivity contribution is -0.137. The van der Waals surface area contributed by atoms with Crippen LogP contribution < -0.4 is 5.32 Å². The van der Waals surface area contributed by atoms with Crippen LogP contribution >= 0.6 is 0 Å². The second kappa shape index (κ2) is 5.73. The number of piperidine rings is 1. The van der Waals surface area contributed by atoms with E-state index >= 15 is 0 Å². The van der Waals surface area contributed by atoms with Gasteiger partial charge in [0.05, 0.1) is 5.56 Å². The van der Waals surface area contributed by atoms with Gasteiger partial charge in [0.1, 0.15) is 0 Å². The number of alkyl halides is 3. The number of carbonyl (C=O) groups is 1. The molecule has 110 valence electrons. The van der Waals surface area contributed by atoms with Gasteiger partial charge >= 0.3 is 6.18 Å². The van der Waals surface area contributed by atoms with E-state index in [1.807, 2.05) is 0 Å². The van der Waals surface area contributed by atoms with Gasteiger partial charge in [-0.2, -0.15) is 13.2 Å². The highest BCUT2D eigenvalue weighted by Crippen LogP contribution is 2.31. The van der Waals surface area contributed by atoms with Crippen molar-refractivity contribution in [2.24, 2.45) is 0 Å². The van der Waals surface area contributed by atoms with Gasteiger partial charge in [-0.3, -0.25) is 4.79 Å². The lowest BCUT2D eigenvalue weighted by Crippen LogP contribution is -2.44. The Morgan fingerprint density at radius 1 is 1.40 bits per heavy atom. The Balaban J connectivity index is 2.04. The first-order chi connectivity index (χ1) is 9.36. The average Bonchev–Trinajstić information content (AvgIpc) is 2.38. The fraction of sp³-hybridized carbons (Fsp3) is 0.500. The van der Waals surface area contributed by atoms with Crippen LogP contribution in [0.1, 0.15) is 25.3 Å². The zero-order valence-electron chi connectivity index (χ0n) is 11.2. The highest BCUT2D eigenvalue weighted by atomic mass is 19.4. The van der Waals surface area contributed by atoms with Crippen molar-refractivity contribution in [3.05, 3.63) is 29.8 Å². The maximum Gasteiger partial charge on any atom is 0.416 e. The summed E-state index contributed by atoms with van der Waals surface area (Å²) < 4.78 is 37.9. The van der Waals surface area contributed by atoms with Crippen LogP contribution in [0.3, 0.4) is 0 Å². The van der Waals surface area contributed by atoms with E-state index < -0.39 is 11.7 Å². The average molecular weight is 286 g/mol. The van der Waals surface area contributed by atoms with Crippen molar-refractivity contribution in [3.63, 3.8) is 0 Å². The molecule has 1 fully saturated rings. The number of rotatable bonds is 2. The van der Waals surface area contributed by atoms with Gasteiger partial charge in [0, 0.05) is 31.7 Å². The Morgan fingerprint density at radius 3 is 2.80 bits per heavy atom. The molecule has 1 aromatic carbocycles. The molecule has 2 rings (SSSR count). The number of nitrogens with zero attached hydrogens (tertiary/aromatic N) is 1. The van der Waals surface area contributed by atoms with E-state index in [0.717, 1.165) is 31.5 Å². The monoisotopic (exact) mass is 286 g/mol. The van der Waals surface area contributed by atoms with Crippen molar-refractivity contribution < 1.29 is 18.0 Å². The number of hydrogen-bond acceptors (Lipinski definition) is 2. The van der Waals surface area contributed by atoms with Crippen LogP contribution in [0.2, 0.25) is 0 Å². The third kappa shape index (κ3) is 3.65. The molecule has 0 aliphatic carbocycles. The summed E-state index contributed by atoms with van der Waals surface area (Å²) in [6.45, 7) is 2.76. The minimum atomic E-state index is -4.34. The molecular formula is C14H17F3N2O. The summed E-state index contributed by atoms with van der Waals surface area (Å²) >= 11 is 0. The van der Waals surface area contributed by atoms with E-state index in [1.54, 1.807) is 11.0 Å².